The maximum atomic E-state index is 14.9. The zero-order valence-corrected chi connectivity index (χ0v) is 23.0. The summed E-state index contributed by atoms with van der Waals surface area (Å²) in [4.78, 5) is 56.8. The Balaban J connectivity index is 1.39. The number of ketones is 2. The maximum absolute atomic E-state index is 14.9. The van der Waals surface area contributed by atoms with Gasteiger partial charge in [-0.2, -0.15) is 0 Å². The summed E-state index contributed by atoms with van der Waals surface area (Å²) in [5.41, 5.74) is 1.58. The van der Waals surface area contributed by atoms with Gasteiger partial charge in [0, 0.05) is 34.6 Å². The van der Waals surface area contributed by atoms with Crippen molar-refractivity contribution in [3.63, 3.8) is 0 Å². The number of carbonyl (C=O) groups is 3. The molecule has 0 aromatic heterocycles. The van der Waals surface area contributed by atoms with Crippen molar-refractivity contribution < 1.29 is 28.8 Å². The Morgan fingerprint density at radius 3 is 2.43 bits per heavy atom. The monoisotopic (exact) mass is 585 g/mol. The number of nitrogens with zero attached hydrogens (tertiary/aromatic N) is 2. The predicted octanol–water partition coefficient (Wildman–Crippen LogP) is 5.18. The number of amides is 1. The zero-order chi connectivity index (χ0) is 30.2. The summed E-state index contributed by atoms with van der Waals surface area (Å²) in [7, 11) is 0. The Hall–Kier alpha value is -5.77. The van der Waals surface area contributed by atoms with E-state index in [0.29, 0.717) is 28.4 Å². The van der Waals surface area contributed by atoms with E-state index in [0.717, 1.165) is 5.56 Å². The van der Waals surface area contributed by atoms with Gasteiger partial charge in [-0.3, -0.25) is 24.5 Å². The molecule has 10 nitrogen and oxygen atoms in total. The van der Waals surface area contributed by atoms with Crippen LogP contribution in [-0.4, -0.2) is 41.3 Å². The molecule has 1 fully saturated rings. The Kier molecular flexibility index (Phi) is 5.51. The average Bonchev–Trinajstić information content (AvgIpc) is 3.73. The molecule has 4 aromatic rings. The standard InChI is InChI=1S/C34H23N3O7/c38-31(21-11-15-26-27(17-21)44-18-43-26)29-30(32(39)20-9-13-22(14-10-20)37(41)42)36-25-8-4-1-5-19(25)12-16-28(36)34(29)23-6-2-3-7-24(23)35-33(34)40/h1-17,28-30H,18H2,(H,35,40)/t28-,29+,30-,34-/m0/s1. The molecule has 1 saturated heterocycles. The number of nitro groups is 1. The minimum Gasteiger partial charge on any atom is -0.454 e. The third-order valence-electron chi connectivity index (χ3n) is 9.11. The van der Waals surface area contributed by atoms with Crippen LogP contribution in [0.25, 0.3) is 6.08 Å². The average molecular weight is 586 g/mol. The summed E-state index contributed by atoms with van der Waals surface area (Å²) in [6, 6.07) is 23.1. The van der Waals surface area contributed by atoms with Crippen LogP contribution in [0.15, 0.2) is 97.1 Å². The number of para-hydroxylation sites is 2. The van der Waals surface area contributed by atoms with Crippen molar-refractivity contribution in [3.8, 4) is 11.5 Å². The summed E-state index contributed by atoms with van der Waals surface area (Å²) in [6.45, 7) is 0.0226. The molecule has 8 rings (SSSR count). The lowest BCUT2D eigenvalue weighted by atomic mass is 9.64. The lowest BCUT2D eigenvalue weighted by molar-refractivity contribution is -0.384. The number of benzene rings is 4. The fourth-order valence-electron chi connectivity index (χ4n) is 7.27. The number of fused-ring (bicyclic) bond motifs is 7. The van der Waals surface area contributed by atoms with Gasteiger partial charge in [0.1, 0.15) is 11.5 Å². The number of carbonyl (C=O) groups excluding carboxylic acids is 3. The Morgan fingerprint density at radius 1 is 0.886 bits per heavy atom. The highest BCUT2D eigenvalue weighted by Gasteiger charge is 2.70. The number of nitro benzene ring substituents is 1. The molecule has 1 amide bonds. The van der Waals surface area contributed by atoms with E-state index in [9.17, 15) is 24.5 Å². The van der Waals surface area contributed by atoms with Gasteiger partial charge < -0.3 is 19.7 Å². The van der Waals surface area contributed by atoms with Crippen LogP contribution in [0.1, 0.15) is 31.8 Å². The van der Waals surface area contributed by atoms with Gasteiger partial charge in [0.25, 0.3) is 5.69 Å². The van der Waals surface area contributed by atoms with E-state index in [1.54, 1.807) is 24.3 Å². The largest absolute Gasteiger partial charge is 0.454 e. The minimum atomic E-state index is -1.48. The number of rotatable bonds is 5. The topological polar surface area (TPSA) is 128 Å². The minimum absolute atomic E-state index is 0.0226. The van der Waals surface area contributed by atoms with Crippen LogP contribution in [0, 0.1) is 16.0 Å². The van der Waals surface area contributed by atoms with Gasteiger partial charge in [-0.15, -0.1) is 0 Å². The van der Waals surface area contributed by atoms with Gasteiger partial charge in [-0.05, 0) is 53.6 Å². The molecule has 216 valence electrons. The lowest BCUT2D eigenvalue weighted by Gasteiger charge is -2.37. The maximum Gasteiger partial charge on any atom is 0.269 e. The number of hydrogen-bond donors (Lipinski definition) is 1. The fraction of sp³-hybridized carbons (Fsp3) is 0.147. The first kappa shape index (κ1) is 25.9. The molecule has 1 spiro atoms. The molecule has 4 atom stereocenters. The molecule has 44 heavy (non-hydrogen) atoms. The summed E-state index contributed by atoms with van der Waals surface area (Å²) in [6.07, 6.45) is 3.82. The zero-order valence-electron chi connectivity index (χ0n) is 23.0. The van der Waals surface area contributed by atoms with Crippen molar-refractivity contribution in [2.75, 3.05) is 17.0 Å². The van der Waals surface area contributed by atoms with Crippen molar-refractivity contribution in [1.29, 1.82) is 0 Å². The molecule has 1 N–H and O–H groups in total. The van der Waals surface area contributed by atoms with Crippen LogP contribution < -0.4 is 19.7 Å². The van der Waals surface area contributed by atoms with Crippen molar-refractivity contribution in [2.24, 2.45) is 5.92 Å². The molecular weight excluding hydrogens is 562 g/mol. The van der Waals surface area contributed by atoms with E-state index < -0.39 is 39.9 Å². The van der Waals surface area contributed by atoms with E-state index in [1.165, 1.54) is 24.3 Å². The Labute approximate surface area is 250 Å². The number of nitrogens with one attached hydrogen (secondary N) is 1. The predicted molar refractivity (Wildman–Crippen MR) is 160 cm³/mol. The first-order chi connectivity index (χ1) is 21.4. The molecule has 0 radical (unpaired) electrons. The highest BCUT2D eigenvalue weighted by molar-refractivity contribution is 6.18. The molecule has 0 bridgehead atoms. The molecule has 4 aliphatic heterocycles. The van der Waals surface area contributed by atoms with Gasteiger partial charge in [-0.1, -0.05) is 48.6 Å². The van der Waals surface area contributed by atoms with Crippen LogP contribution in [-0.2, 0) is 10.2 Å². The van der Waals surface area contributed by atoms with Gasteiger partial charge in [0.2, 0.25) is 12.7 Å². The summed E-state index contributed by atoms with van der Waals surface area (Å²) in [5, 5.41) is 14.4. The molecule has 4 aliphatic rings. The third-order valence-corrected chi connectivity index (χ3v) is 9.11. The van der Waals surface area contributed by atoms with Crippen molar-refractivity contribution in [3.05, 3.63) is 129 Å². The quantitative estimate of drug-likeness (QED) is 0.193. The normalized spacial score (nSPS) is 23.6. The molecule has 0 aliphatic carbocycles. The van der Waals surface area contributed by atoms with Gasteiger partial charge >= 0.3 is 0 Å². The summed E-state index contributed by atoms with van der Waals surface area (Å²) < 4.78 is 11.0. The number of hydrogen-bond acceptors (Lipinski definition) is 8. The van der Waals surface area contributed by atoms with Gasteiger partial charge in [0.05, 0.1) is 16.9 Å². The van der Waals surface area contributed by atoms with Crippen molar-refractivity contribution >= 4 is 40.6 Å². The van der Waals surface area contributed by atoms with Crippen LogP contribution >= 0.6 is 0 Å². The van der Waals surface area contributed by atoms with E-state index in [1.807, 2.05) is 59.5 Å². The van der Waals surface area contributed by atoms with Crippen LogP contribution in [0.2, 0.25) is 0 Å². The molecule has 10 heteroatoms. The molecule has 4 heterocycles. The van der Waals surface area contributed by atoms with Gasteiger partial charge in [0.15, 0.2) is 23.1 Å². The molecule has 0 saturated carbocycles. The SMILES string of the molecule is O=C(c1ccc([N+](=O)[O-])cc1)[C@@H]1[C@H](C(=O)c2ccc3c(c2)OCO3)[C@@]2(C(=O)Nc3ccccc32)[C@@H]2C=Cc3ccccc3N12. The Bertz CT molecular complexity index is 1950. The van der Waals surface area contributed by atoms with Crippen LogP contribution in [0.4, 0.5) is 17.1 Å². The van der Waals surface area contributed by atoms with E-state index in [-0.39, 0.29) is 29.5 Å². The number of non-ortho nitro benzene ring substituents is 1. The van der Waals surface area contributed by atoms with E-state index >= 15 is 0 Å². The first-order valence-corrected chi connectivity index (χ1v) is 14.1. The van der Waals surface area contributed by atoms with E-state index in [2.05, 4.69) is 5.32 Å². The fourth-order valence-corrected chi connectivity index (χ4v) is 7.27. The number of anilines is 2. The highest BCUT2D eigenvalue weighted by Crippen LogP contribution is 2.58. The smallest absolute Gasteiger partial charge is 0.269 e. The van der Waals surface area contributed by atoms with E-state index in [4.69, 9.17) is 9.47 Å². The van der Waals surface area contributed by atoms with Gasteiger partial charge in [-0.25, -0.2) is 0 Å². The number of ether oxygens (including phenoxy) is 2. The second-order valence-electron chi connectivity index (χ2n) is 11.2. The molecular formula is C34H23N3O7. The van der Waals surface area contributed by atoms with Crippen molar-refractivity contribution in [2.45, 2.75) is 17.5 Å². The lowest BCUT2D eigenvalue weighted by Crippen LogP contribution is -2.51. The second-order valence-corrected chi connectivity index (χ2v) is 11.2. The van der Waals surface area contributed by atoms with Crippen molar-refractivity contribution in [1.82, 2.24) is 0 Å². The molecule has 0 unspecified atom stereocenters. The Morgan fingerprint density at radius 2 is 1.61 bits per heavy atom. The second kappa shape index (κ2) is 9.37. The highest BCUT2D eigenvalue weighted by atomic mass is 16.7. The molecule has 4 aromatic carbocycles. The first-order valence-electron chi connectivity index (χ1n) is 14.1. The number of Topliss-reactive ketones (excluding diaryl/α,β-unsaturated/α-hetero) is 2. The van der Waals surface area contributed by atoms with Crippen LogP contribution in [0.3, 0.4) is 0 Å². The summed E-state index contributed by atoms with van der Waals surface area (Å²) in [5.74, 6) is -1.50. The third kappa shape index (κ3) is 3.45. The van der Waals surface area contributed by atoms with Crippen LogP contribution in [0.5, 0.6) is 11.5 Å². The summed E-state index contributed by atoms with van der Waals surface area (Å²) >= 11 is 0.